The van der Waals surface area contributed by atoms with Crippen molar-refractivity contribution in [3.63, 3.8) is 0 Å². The molecule has 1 unspecified atom stereocenters. The van der Waals surface area contributed by atoms with E-state index < -0.39 is 0 Å². The molecule has 2 N–H and O–H groups in total. The number of nitrogens with one attached hydrogen (secondary N) is 1. The van der Waals surface area contributed by atoms with E-state index >= 15 is 0 Å². The first-order chi connectivity index (χ1) is 12.6. The average Bonchev–Trinajstić information content (AvgIpc) is 2.65. The first-order valence-electron chi connectivity index (χ1n) is 8.36. The van der Waals surface area contributed by atoms with Crippen LogP contribution in [0, 0.1) is 5.82 Å². The van der Waals surface area contributed by atoms with Crippen molar-refractivity contribution in [2.75, 3.05) is 6.61 Å². The third kappa shape index (κ3) is 4.49. The molecule has 136 valence electrons. The summed E-state index contributed by atoms with van der Waals surface area (Å²) in [6.45, 7) is 2.64. The summed E-state index contributed by atoms with van der Waals surface area (Å²) in [7, 11) is 0. The van der Waals surface area contributed by atoms with Gasteiger partial charge in [-0.1, -0.05) is 29.8 Å². The van der Waals surface area contributed by atoms with Crippen LogP contribution in [0.2, 0.25) is 5.02 Å². The van der Waals surface area contributed by atoms with Crippen LogP contribution in [0.4, 0.5) is 4.39 Å². The average molecular weight is 375 g/mol. The second-order valence-electron chi connectivity index (χ2n) is 6.13. The predicted octanol–water partition coefficient (Wildman–Crippen LogP) is 4.08. The number of rotatable bonds is 7. The van der Waals surface area contributed by atoms with E-state index in [9.17, 15) is 9.50 Å². The molecular weight excluding hydrogens is 355 g/mol. The maximum Gasteiger partial charge on any atom is 0.218 e. The summed E-state index contributed by atoms with van der Waals surface area (Å²) in [5.41, 5.74) is 2.20. The summed E-state index contributed by atoms with van der Waals surface area (Å²) in [6.07, 6.45) is 0. The first-order valence-corrected chi connectivity index (χ1v) is 8.74. The Morgan fingerprint density at radius 1 is 1.19 bits per heavy atom. The van der Waals surface area contributed by atoms with Crippen molar-refractivity contribution in [1.29, 1.82) is 0 Å². The standard InChI is InChI=1S/C20H20ClFN2O2/c1-13(11-25)23-10-16-8-14-6-7-17(22)9-19(14)24-20(16)26-12-15-4-2-3-5-18(15)21/h2-9,13,23,25H,10-12H2,1H3. The molecule has 1 heterocycles. The molecule has 2 aromatic carbocycles. The largest absolute Gasteiger partial charge is 0.472 e. The number of aliphatic hydroxyl groups is 1. The highest BCUT2D eigenvalue weighted by Gasteiger charge is 2.11. The summed E-state index contributed by atoms with van der Waals surface area (Å²) in [5.74, 6) is 0.0718. The van der Waals surface area contributed by atoms with Gasteiger partial charge >= 0.3 is 0 Å². The van der Waals surface area contributed by atoms with Crippen LogP contribution in [0.3, 0.4) is 0 Å². The third-order valence-corrected chi connectivity index (χ3v) is 4.42. The van der Waals surface area contributed by atoms with Gasteiger partial charge in [-0.05, 0) is 31.2 Å². The molecule has 0 aliphatic rings. The normalized spacial score (nSPS) is 12.3. The maximum absolute atomic E-state index is 13.5. The van der Waals surface area contributed by atoms with E-state index in [4.69, 9.17) is 16.3 Å². The number of benzene rings is 2. The van der Waals surface area contributed by atoms with Crippen molar-refractivity contribution in [2.45, 2.75) is 26.1 Å². The van der Waals surface area contributed by atoms with Gasteiger partial charge in [-0.2, -0.15) is 0 Å². The van der Waals surface area contributed by atoms with Gasteiger partial charge in [-0.15, -0.1) is 0 Å². The van der Waals surface area contributed by atoms with Crippen molar-refractivity contribution >= 4 is 22.5 Å². The van der Waals surface area contributed by atoms with Crippen LogP contribution in [0.5, 0.6) is 5.88 Å². The van der Waals surface area contributed by atoms with Gasteiger partial charge in [0.15, 0.2) is 0 Å². The summed E-state index contributed by atoms with van der Waals surface area (Å²) in [5, 5.41) is 13.8. The highest BCUT2D eigenvalue weighted by atomic mass is 35.5. The fourth-order valence-corrected chi connectivity index (χ4v) is 2.72. The molecule has 4 nitrogen and oxygen atoms in total. The van der Waals surface area contributed by atoms with Gasteiger partial charge in [-0.25, -0.2) is 9.37 Å². The van der Waals surface area contributed by atoms with Crippen LogP contribution in [-0.4, -0.2) is 22.7 Å². The molecule has 3 aromatic rings. The molecule has 0 fully saturated rings. The van der Waals surface area contributed by atoms with Gasteiger partial charge in [0.05, 0.1) is 12.1 Å². The monoisotopic (exact) mass is 374 g/mol. The summed E-state index contributed by atoms with van der Waals surface area (Å²) >= 11 is 6.18. The Hall–Kier alpha value is -2.21. The van der Waals surface area contributed by atoms with E-state index in [1.165, 1.54) is 12.1 Å². The predicted molar refractivity (Wildman–Crippen MR) is 101 cm³/mol. The van der Waals surface area contributed by atoms with Crippen LogP contribution in [0.1, 0.15) is 18.1 Å². The van der Waals surface area contributed by atoms with E-state index in [0.717, 1.165) is 16.5 Å². The zero-order valence-electron chi connectivity index (χ0n) is 14.4. The van der Waals surface area contributed by atoms with Gasteiger partial charge in [-0.3, -0.25) is 0 Å². The second-order valence-corrected chi connectivity index (χ2v) is 6.54. The molecule has 0 saturated carbocycles. The van der Waals surface area contributed by atoms with Crippen molar-refractivity contribution in [3.8, 4) is 5.88 Å². The summed E-state index contributed by atoms with van der Waals surface area (Å²) < 4.78 is 19.4. The fourth-order valence-electron chi connectivity index (χ4n) is 2.53. The Morgan fingerprint density at radius 2 is 2.00 bits per heavy atom. The van der Waals surface area contributed by atoms with Crippen LogP contribution in [-0.2, 0) is 13.2 Å². The van der Waals surface area contributed by atoms with Gasteiger partial charge in [0.2, 0.25) is 5.88 Å². The minimum Gasteiger partial charge on any atom is -0.472 e. The lowest BCUT2D eigenvalue weighted by molar-refractivity contribution is 0.249. The van der Waals surface area contributed by atoms with E-state index in [-0.39, 0.29) is 25.1 Å². The van der Waals surface area contributed by atoms with Crippen molar-refractivity contribution in [2.24, 2.45) is 0 Å². The number of hydrogen-bond acceptors (Lipinski definition) is 4. The fraction of sp³-hybridized carbons (Fsp3) is 0.250. The molecule has 1 aromatic heterocycles. The highest BCUT2D eigenvalue weighted by molar-refractivity contribution is 6.31. The zero-order valence-corrected chi connectivity index (χ0v) is 15.1. The van der Waals surface area contributed by atoms with Crippen molar-refractivity contribution in [3.05, 3.63) is 70.5 Å². The molecule has 6 heteroatoms. The molecule has 3 rings (SSSR count). The van der Waals surface area contributed by atoms with Gasteiger partial charge in [0.1, 0.15) is 12.4 Å². The number of pyridine rings is 1. The third-order valence-electron chi connectivity index (χ3n) is 4.06. The maximum atomic E-state index is 13.5. The Morgan fingerprint density at radius 3 is 2.77 bits per heavy atom. The molecule has 0 aliphatic heterocycles. The molecule has 0 aliphatic carbocycles. The van der Waals surface area contributed by atoms with E-state index in [0.29, 0.717) is 23.0 Å². The number of aromatic nitrogens is 1. The Kier molecular flexibility index (Phi) is 6.04. The van der Waals surface area contributed by atoms with E-state index in [1.54, 1.807) is 12.1 Å². The van der Waals surface area contributed by atoms with E-state index in [1.807, 2.05) is 31.2 Å². The molecule has 1 atom stereocenters. The Bertz CT molecular complexity index is 904. The molecule has 0 radical (unpaired) electrons. The summed E-state index contributed by atoms with van der Waals surface area (Å²) in [6, 6.07) is 13.8. The topological polar surface area (TPSA) is 54.4 Å². The number of fused-ring (bicyclic) bond motifs is 1. The number of aliphatic hydroxyl groups excluding tert-OH is 1. The number of halogens is 2. The Labute approximate surface area is 156 Å². The van der Waals surface area contributed by atoms with Gasteiger partial charge in [0, 0.05) is 40.2 Å². The smallest absolute Gasteiger partial charge is 0.218 e. The highest BCUT2D eigenvalue weighted by Crippen LogP contribution is 2.25. The summed E-state index contributed by atoms with van der Waals surface area (Å²) in [4.78, 5) is 4.48. The lowest BCUT2D eigenvalue weighted by atomic mass is 10.1. The molecule has 0 bridgehead atoms. The molecule has 0 saturated heterocycles. The van der Waals surface area contributed by atoms with E-state index in [2.05, 4.69) is 10.3 Å². The Balaban J connectivity index is 1.90. The zero-order chi connectivity index (χ0) is 18.5. The minimum atomic E-state index is -0.346. The SMILES string of the molecule is CC(CO)NCc1cc2ccc(F)cc2nc1OCc1ccccc1Cl. The van der Waals surface area contributed by atoms with Crippen molar-refractivity contribution in [1.82, 2.24) is 10.3 Å². The molecular formula is C20H20ClFN2O2. The lowest BCUT2D eigenvalue weighted by Crippen LogP contribution is -2.28. The molecule has 0 amide bonds. The molecule has 0 spiro atoms. The number of nitrogens with zero attached hydrogens (tertiary/aromatic N) is 1. The van der Waals surface area contributed by atoms with Gasteiger partial charge in [0.25, 0.3) is 0 Å². The van der Waals surface area contributed by atoms with Crippen LogP contribution < -0.4 is 10.1 Å². The lowest BCUT2D eigenvalue weighted by Gasteiger charge is -2.15. The van der Waals surface area contributed by atoms with Crippen LogP contribution >= 0.6 is 11.6 Å². The quantitative estimate of drug-likeness (QED) is 0.654. The second kappa shape index (κ2) is 8.45. The number of hydrogen-bond donors (Lipinski definition) is 2. The minimum absolute atomic E-state index is 0.0298. The van der Waals surface area contributed by atoms with Gasteiger partial charge < -0.3 is 15.2 Å². The van der Waals surface area contributed by atoms with Crippen LogP contribution in [0.25, 0.3) is 10.9 Å². The first kappa shape index (κ1) is 18.6. The van der Waals surface area contributed by atoms with Crippen LogP contribution in [0.15, 0.2) is 48.5 Å². The van der Waals surface area contributed by atoms with Crippen molar-refractivity contribution < 1.29 is 14.2 Å². The molecule has 26 heavy (non-hydrogen) atoms. The number of ether oxygens (including phenoxy) is 1.